The molecule has 0 radical (unpaired) electrons. The molecule has 7 nitrogen and oxygen atoms in total. The van der Waals surface area contributed by atoms with E-state index in [0.717, 1.165) is 27.2 Å². The number of aryl methyl sites for hydroxylation is 1. The molecule has 4 rings (SSSR count). The Labute approximate surface area is 195 Å². The number of thiophene rings is 1. The average Bonchev–Trinajstić information content (AvgIpc) is 3.34. The van der Waals surface area contributed by atoms with Gasteiger partial charge in [-0.1, -0.05) is 48.0 Å². The number of aromatic nitrogens is 2. The van der Waals surface area contributed by atoms with Crippen LogP contribution in [0.3, 0.4) is 0 Å². The Hall–Kier alpha value is -2.72. The van der Waals surface area contributed by atoms with Crippen molar-refractivity contribution >= 4 is 49.1 Å². The number of nitrogens with zero attached hydrogens (tertiary/aromatic N) is 2. The Morgan fingerprint density at radius 1 is 1.12 bits per heavy atom. The minimum atomic E-state index is -3.32. The van der Waals surface area contributed by atoms with Crippen LogP contribution in [0.2, 0.25) is 5.02 Å². The van der Waals surface area contributed by atoms with Gasteiger partial charge >= 0.3 is 0 Å². The molecule has 2 aromatic heterocycles. The van der Waals surface area contributed by atoms with Crippen molar-refractivity contribution in [3.8, 4) is 5.69 Å². The number of halogens is 1. The quantitative estimate of drug-likeness (QED) is 0.410. The van der Waals surface area contributed by atoms with Gasteiger partial charge in [0.1, 0.15) is 4.83 Å². The molecule has 0 fully saturated rings. The number of para-hydroxylation sites is 1. The van der Waals surface area contributed by atoms with Crippen LogP contribution in [0.15, 0.2) is 54.6 Å². The van der Waals surface area contributed by atoms with E-state index in [2.05, 4.69) is 15.1 Å². The fourth-order valence-electron chi connectivity index (χ4n) is 3.26. The summed E-state index contributed by atoms with van der Waals surface area (Å²) in [5, 5.41) is 9.00. The highest BCUT2D eigenvalue weighted by Crippen LogP contribution is 2.32. The van der Waals surface area contributed by atoms with Gasteiger partial charge in [0.05, 0.1) is 27.0 Å². The third-order valence-corrected chi connectivity index (χ3v) is 7.76. The van der Waals surface area contributed by atoms with E-state index < -0.39 is 10.0 Å². The maximum Gasteiger partial charge on any atom is 0.261 e. The Kier molecular flexibility index (Phi) is 6.34. The lowest BCUT2D eigenvalue weighted by Crippen LogP contribution is -2.22. The second-order valence-electron chi connectivity index (χ2n) is 7.24. The van der Waals surface area contributed by atoms with Gasteiger partial charge in [0.2, 0.25) is 10.0 Å². The molecule has 2 aromatic carbocycles. The van der Waals surface area contributed by atoms with Crippen LogP contribution in [0.25, 0.3) is 15.9 Å². The molecule has 32 heavy (non-hydrogen) atoms. The van der Waals surface area contributed by atoms with E-state index in [1.807, 2.05) is 43.3 Å². The molecule has 0 spiro atoms. The first kappa shape index (κ1) is 22.5. The number of hydrogen-bond acceptors (Lipinski definition) is 5. The molecule has 2 heterocycles. The van der Waals surface area contributed by atoms with Crippen LogP contribution in [0.5, 0.6) is 0 Å². The third kappa shape index (κ3) is 4.71. The standard InChI is InChI=1S/C22H21ClN4O3S2/c1-14-17-11-20(31-22(17)27(26-14)19-6-4-3-5-18(19)23)21(28)25-12-15-7-9-16(10-8-15)13-32(29,30)24-2/h3-11,24H,12-13H2,1-2H3,(H,25,28). The number of nitrogens with one attached hydrogen (secondary N) is 2. The van der Waals surface area contributed by atoms with Gasteiger partial charge in [-0.25, -0.2) is 17.8 Å². The van der Waals surface area contributed by atoms with Crippen LogP contribution < -0.4 is 10.0 Å². The van der Waals surface area contributed by atoms with E-state index in [1.165, 1.54) is 18.4 Å². The second-order valence-corrected chi connectivity index (χ2v) is 10.6. The smallest absolute Gasteiger partial charge is 0.261 e. The molecular formula is C22H21ClN4O3S2. The molecule has 0 bridgehead atoms. The number of hydrogen-bond donors (Lipinski definition) is 2. The minimum Gasteiger partial charge on any atom is -0.347 e. The number of sulfonamides is 1. The lowest BCUT2D eigenvalue weighted by molar-refractivity contribution is 0.0955. The van der Waals surface area contributed by atoms with Crippen molar-refractivity contribution in [1.29, 1.82) is 0 Å². The maximum absolute atomic E-state index is 12.8. The monoisotopic (exact) mass is 488 g/mol. The number of benzene rings is 2. The molecular weight excluding hydrogens is 468 g/mol. The average molecular weight is 489 g/mol. The molecule has 0 aliphatic heterocycles. The Bertz CT molecular complexity index is 1390. The highest BCUT2D eigenvalue weighted by atomic mass is 35.5. The summed E-state index contributed by atoms with van der Waals surface area (Å²) in [7, 11) is -1.93. The van der Waals surface area contributed by atoms with Gasteiger partial charge in [0.25, 0.3) is 5.91 Å². The van der Waals surface area contributed by atoms with Crippen molar-refractivity contribution in [2.75, 3.05) is 7.05 Å². The lowest BCUT2D eigenvalue weighted by atomic mass is 10.1. The van der Waals surface area contributed by atoms with Crippen molar-refractivity contribution in [1.82, 2.24) is 19.8 Å². The van der Waals surface area contributed by atoms with Gasteiger partial charge in [-0.3, -0.25) is 4.79 Å². The van der Waals surface area contributed by atoms with E-state index in [9.17, 15) is 13.2 Å². The summed E-state index contributed by atoms with van der Waals surface area (Å²) in [4.78, 5) is 14.2. The molecule has 4 aromatic rings. The van der Waals surface area contributed by atoms with E-state index >= 15 is 0 Å². The van der Waals surface area contributed by atoms with E-state index in [1.54, 1.807) is 22.9 Å². The molecule has 10 heteroatoms. The normalized spacial score (nSPS) is 11.7. The van der Waals surface area contributed by atoms with Gasteiger partial charge in [-0.15, -0.1) is 11.3 Å². The molecule has 0 aliphatic carbocycles. The Morgan fingerprint density at radius 2 is 1.81 bits per heavy atom. The first-order valence-electron chi connectivity index (χ1n) is 9.79. The first-order chi connectivity index (χ1) is 15.3. The molecule has 0 saturated carbocycles. The van der Waals surface area contributed by atoms with Crippen molar-refractivity contribution < 1.29 is 13.2 Å². The van der Waals surface area contributed by atoms with E-state index in [-0.39, 0.29) is 11.7 Å². The Balaban J connectivity index is 1.49. The first-order valence-corrected chi connectivity index (χ1v) is 12.6. The predicted molar refractivity (Wildman–Crippen MR) is 128 cm³/mol. The number of carbonyl (C=O) groups excluding carboxylic acids is 1. The minimum absolute atomic E-state index is 0.0836. The van der Waals surface area contributed by atoms with Crippen LogP contribution in [0, 0.1) is 6.92 Å². The fraction of sp³-hybridized carbons (Fsp3) is 0.182. The van der Waals surface area contributed by atoms with Crippen molar-refractivity contribution in [3.63, 3.8) is 0 Å². The van der Waals surface area contributed by atoms with Crippen LogP contribution in [0.4, 0.5) is 0 Å². The van der Waals surface area contributed by atoms with Gasteiger partial charge in [0, 0.05) is 11.9 Å². The summed E-state index contributed by atoms with van der Waals surface area (Å²) in [5.41, 5.74) is 3.14. The van der Waals surface area contributed by atoms with Crippen molar-refractivity contribution in [3.05, 3.63) is 81.3 Å². The molecule has 0 unspecified atom stereocenters. The van der Waals surface area contributed by atoms with Crippen LogP contribution in [-0.2, 0) is 22.3 Å². The molecule has 0 aliphatic rings. The van der Waals surface area contributed by atoms with Crippen LogP contribution >= 0.6 is 22.9 Å². The van der Waals surface area contributed by atoms with Crippen molar-refractivity contribution in [2.45, 2.75) is 19.2 Å². The van der Waals surface area contributed by atoms with E-state index in [4.69, 9.17) is 11.6 Å². The van der Waals surface area contributed by atoms with Gasteiger partial charge in [-0.2, -0.15) is 5.10 Å². The topological polar surface area (TPSA) is 93.1 Å². The summed E-state index contributed by atoms with van der Waals surface area (Å²) in [6.07, 6.45) is 0. The number of amides is 1. The zero-order valence-corrected chi connectivity index (χ0v) is 19.8. The third-order valence-electron chi connectivity index (χ3n) is 4.99. The zero-order valence-electron chi connectivity index (χ0n) is 17.4. The van der Waals surface area contributed by atoms with E-state index in [0.29, 0.717) is 22.0 Å². The summed E-state index contributed by atoms with van der Waals surface area (Å²) < 4.78 is 27.4. The highest BCUT2D eigenvalue weighted by molar-refractivity contribution is 7.88. The highest BCUT2D eigenvalue weighted by Gasteiger charge is 2.18. The van der Waals surface area contributed by atoms with Crippen LogP contribution in [0.1, 0.15) is 26.5 Å². The summed E-state index contributed by atoms with van der Waals surface area (Å²) >= 11 is 7.70. The predicted octanol–water partition coefficient (Wildman–Crippen LogP) is 4.03. The maximum atomic E-state index is 12.8. The SMILES string of the molecule is CNS(=O)(=O)Cc1ccc(CNC(=O)c2cc3c(C)nn(-c4ccccc4Cl)c3s2)cc1. The summed E-state index contributed by atoms with van der Waals surface area (Å²) in [6.45, 7) is 2.24. The largest absolute Gasteiger partial charge is 0.347 e. The molecule has 166 valence electrons. The zero-order chi connectivity index (χ0) is 22.9. The van der Waals surface area contributed by atoms with Gasteiger partial charge in [-0.05, 0) is 43.3 Å². The number of fused-ring (bicyclic) bond motifs is 1. The molecule has 0 atom stereocenters. The summed E-state index contributed by atoms with van der Waals surface area (Å²) in [5.74, 6) is -0.266. The lowest BCUT2D eigenvalue weighted by Gasteiger charge is -2.06. The van der Waals surface area contributed by atoms with Crippen molar-refractivity contribution in [2.24, 2.45) is 0 Å². The number of carbonyl (C=O) groups is 1. The van der Waals surface area contributed by atoms with Gasteiger partial charge in [0.15, 0.2) is 0 Å². The molecule has 0 saturated heterocycles. The fourth-order valence-corrected chi connectivity index (χ4v) is 5.34. The van der Waals surface area contributed by atoms with Crippen LogP contribution in [-0.4, -0.2) is 31.2 Å². The molecule has 1 amide bonds. The second kappa shape index (κ2) is 9.03. The Morgan fingerprint density at radius 3 is 2.50 bits per heavy atom. The summed E-state index contributed by atoms with van der Waals surface area (Å²) in [6, 6.07) is 16.4. The number of rotatable bonds is 7. The molecule has 2 N–H and O–H groups in total. The van der Waals surface area contributed by atoms with Gasteiger partial charge < -0.3 is 5.32 Å².